The van der Waals surface area contributed by atoms with E-state index in [1.54, 1.807) is 16.9 Å². The normalized spacial score (nSPS) is 10.8. The minimum absolute atomic E-state index is 0.302. The Kier molecular flexibility index (Phi) is 2.89. The highest BCUT2D eigenvalue weighted by Gasteiger charge is 2.14. The summed E-state index contributed by atoms with van der Waals surface area (Å²) in [6.07, 6.45) is 1.74. The molecule has 0 aliphatic carbocycles. The van der Waals surface area contributed by atoms with Crippen LogP contribution in [0.1, 0.15) is 13.8 Å². The smallest absolute Gasteiger partial charge is 0.422 e. The molecule has 4 nitrogen and oxygen atoms in total. The van der Waals surface area contributed by atoms with Crippen molar-refractivity contribution in [3.8, 4) is 0 Å². The van der Waals surface area contributed by atoms with Gasteiger partial charge in [-0.05, 0) is 12.0 Å². The Morgan fingerprint density at radius 3 is 2.67 bits per heavy atom. The maximum atomic E-state index is 8.75. The molecule has 1 aromatic rings. The molecule has 0 atom stereocenters. The summed E-state index contributed by atoms with van der Waals surface area (Å²) in [5, 5.41) is 21.5. The summed E-state index contributed by atoms with van der Waals surface area (Å²) in [7, 11) is -1.46. The van der Waals surface area contributed by atoms with Gasteiger partial charge in [-0.1, -0.05) is 13.8 Å². The number of aromatic nitrogens is 2. The summed E-state index contributed by atoms with van der Waals surface area (Å²) >= 11 is 0. The second-order valence-corrected chi connectivity index (χ2v) is 3.23. The zero-order valence-corrected chi connectivity index (χ0v) is 7.31. The monoisotopic (exact) mass is 168 g/mol. The van der Waals surface area contributed by atoms with Gasteiger partial charge >= 0.3 is 7.12 Å². The van der Waals surface area contributed by atoms with Crippen LogP contribution in [-0.2, 0) is 6.54 Å². The van der Waals surface area contributed by atoms with Crippen LogP contribution in [0.5, 0.6) is 0 Å². The molecule has 0 aliphatic rings. The lowest BCUT2D eigenvalue weighted by atomic mass is 9.87. The van der Waals surface area contributed by atoms with Gasteiger partial charge in [-0.25, -0.2) is 0 Å². The molecule has 0 unspecified atom stereocenters. The SMILES string of the molecule is CC(C)Cn1ccc(B(O)O)n1. The van der Waals surface area contributed by atoms with Gasteiger partial charge in [0.25, 0.3) is 0 Å². The predicted molar refractivity (Wildman–Crippen MR) is 46.9 cm³/mol. The first kappa shape index (κ1) is 9.28. The Bertz CT molecular complexity index is 247. The van der Waals surface area contributed by atoms with Crippen molar-refractivity contribution >= 4 is 12.7 Å². The highest BCUT2D eigenvalue weighted by Crippen LogP contribution is 1.95. The Morgan fingerprint density at radius 1 is 1.58 bits per heavy atom. The Balaban J connectivity index is 2.64. The standard InChI is InChI=1S/C7H13BN2O2/c1-6(2)5-10-4-3-7(9-10)8(11)12/h3-4,6,11-12H,5H2,1-2H3. The predicted octanol–water partition coefficient (Wildman–Crippen LogP) is -0.781. The quantitative estimate of drug-likeness (QED) is 0.582. The third-order valence-electron chi connectivity index (χ3n) is 1.48. The van der Waals surface area contributed by atoms with Gasteiger partial charge in [0.1, 0.15) is 0 Å². The van der Waals surface area contributed by atoms with E-state index in [0.29, 0.717) is 11.5 Å². The molecule has 0 spiro atoms. The number of hydrogen-bond donors (Lipinski definition) is 2. The number of nitrogens with zero attached hydrogens (tertiary/aromatic N) is 2. The van der Waals surface area contributed by atoms with E-state index in [-0.39, 0.29) is 0 Å². The second kappa shape index (κ2) is 3.73. The number of rotatable bonds is 3. The summed E-state index contributed by atoms with van der Waals surface area (Å²) in [6, 6.07) is 1.60. The first-order valence-corrected chi connectivity index (χ1v) is 3.99. The van der Waals surface area contributed by atoms with Gasteiger partial charge in [0, 0.05) is 12.7 Å². The molecule has 0 saturated carbocycles. The van der Waals surface area contributed by atoms with Gasteiger partial charge in [-0.3, -0.25) is 4.68 Å². The van der Waals surface area contributed by atoms with Crippen molar-refractivity contribution in [2.45, 2.75) is 20.4 Å². The van der Waals surface area contributed by atoms with Gasteiger partial charge < -0.3 is 10.0 Å². The van der Waals surface area contributed by atoms with Crippen LogP contribution >= 0.6 is 0 Å². The minimum Gasteiger partial charge on any atom is -0.422 e. The molecule has 0 bridgehead atoms. The van der Waals surface area contributed by atoms with Crippen LogP contribution in [-0.4, -0.2) is 26.9 Å². The van der Waals surface area contributed by atoms with Gasteiger partial charge in [0.15, 0.2) is 0 Å². The fourth-order valence-electron chi connectivity index (χ4n) is 0.991. The third-order valence-corrected chi connectivity index (χ3v) is 1.48. The largest absolute Gasteiger partial charge is 0.510 e. The van der Waals surface area contributed by atoms with Crippen LogP contribution in [0.25, 0.3) is 0 Å². The molecule has 0 amide bonds. The van der Waals surface area contributed by atoms with Crippen LogP contribution in [0, 0.1) is 5.92 Å². The van der Waals surface area contributed by atoms with Crippen molar-refractivity contribution in [1.29, 1.82) is 0 Å². The molecule has 66 valence electrons. The first-order valence-electron chi connectivity index (χ1n) is 3.99. The molecule has 2 N–H and O–H groups in total. The lowest BCUT2D eigenvalue weighted by Gasteiger charge is -2.03. The highest BCUT2D eigenvalue weighted by molar-refractivity contribution is 6.57. The van der Waals surface area contributed by atoms with Crippen LogP contribution in [0.2, 0.25) is 0 Å². The van der Waals surface area contributed by atoms with E-state index in [1.165, 1.54) is 0 Å². The fraction of sp³-hybridized carbons (Fsp3) is 0.571. The zero-order chi connectivity index (χ0) is 9.14. The molecular formula is C7H13BN2O2. The zero-order valence-electron chi connectivity index (χ0n) is 7.31. The third kappa shape index (κ3) is 2.35. The van der Waals surface area contributed by atoms with Crippen molar-refractivity contribution in [2.24, 2.45) is 5.92 Å². The van der Waals surface area contributed by atoms with E-state index in [1.807, 2.05) is 0 Å². The van der Waals surface area contributed by atoms with Crippen LogP contribution in [0.15, 0.2) is 12.3 Å². The maximum absolute atomic E-state index is 8.75. The molecule has 0 aliphatic heterocycles. The molecule has 5 heteroatoms. The van der Waals surface area contributed by atoms with Crippen molar-refractivity contribution in [1.82, 2.24) is 9.78 Å². The van der Waals surface area contributed by atoms with Crippen LogP contribution < -0.4 is 5.59 Å². The molecule has 1 aromatic heterocycles. The average molecular weight is 168 g/mol. The summed E-state index contributed by atoms with van der Waals surface area (Å²) in [5.74, 6) is 0.508. The van der Waals surface area contributed by atoms with Gasteiger partial charge in [0.2, 0.25) is 0 Å². The first-order chi connectivity index (χ1) is 5.59. The van der Waals surface area contributed by atoms with Gasteiger partial charge in [0.05, 0.1) is 5.59 Å². The van der Waals surface area contributed by atoms with E-state index in [2.05, 4.69) is 18.9 Å². The average Bonchev–Trinajstić information content (AvgIpc) is 2.34. The van der Waals surface area contributed by atoms with Crippen molar-refractivity contribution in [3.63, 3.8) is 0 Å². The maximum Gasteiger partial charge on any atom is 0.510 e. The molecule has 0 aromatic carbocycles. The summed E-state index contributed by atoms with van der Waals surface area (Å²) in [5.41, 5.74) is 0.302. The van der Waals surface area contributed by atoms with Crippen LogP contribution in [0.4, 0.5) is 0 Å². The van der Waals surface area contributed by atoms with Crippen LogP contribution in [0.3, 0.4) is 0 Å². The van der Waals surface area contributed by atoms with Gasteiger partial charge in [-0.2, -0.15) is 5.10 Å². The minimum atomic E-state index is -1.46. The summed E-state index contributed by atoms with van der Waals surface area (Å²) in [4.78, 5) is 0. The lowest BCUT2D eigenvalue weighted by Crippen LogP contribution is -2.31. The van der Waals surface area contributed by atoms with E-state index < -0.39 is 7.12 Å². The van der Waals surface area contributed by atoms with Crippen molar-refractivity contribution < 1.29 is 10.0 Å². The van der Waals surface area contributed by atoms with Gasteiger partial charge in [-0.15, -0.1) is 0 Å². The van der Waals surface area contributed by atoms with Crippen molar-refractivity contribution in [2.75, 3.05) is 0 Å². The molecule has 1 heterocycles. The van der Waals surface area contributed by atoms with E-state index >= 15 is 0 Å². The Labute approximate surface area is 72.0 Å². The Morgan fingerprint density at radius 2 is 2.25 bits per heavy atom. The molecule has 0 saturated heterocycles. The van der Waals surface area contributed by atoms with E-state index in [9.17, 15) is 0 Å². The molecular weight excluding hydrogens is 155 g/mol. The second-order valence-electron chi connectivity index (χ2n) is 3.23. The topological polar surface area (TPSA) is 58.3 Å². The molecule has 0 radical (unpaired) electrons. The fourth-order valence-corrected chi connectivity index (χ4v) is 0.991. The van der Waals surface area contributed by atoms with E-state index in [4.69, 9.17) is 10.0 Å². The highest BCUT2D eigenvalue weighted by atomic mass is 16.4. The lowest BCUT2D eigenvalue weighted by molar-refractivity contribution is 0.421. The number of hydrogen-bond acceptors (Lipinski definition) is 3. The molecule has 0 fully saturated rings. The van der Waals surface area contributed by atoms with E-state index in [0.717, 1.165) is 6.54 Å². The van der Waals surface area contributed by atoms with Crippen molar-refractivity contribution in [3.05, 3.63) is 12.3 Å². The summed E-state index contributed by atoms with van der Waals surface area (Å²) < 4.78 is 1.71. The Hall–Kier alpha value is -0.805. The molecule has 1 rings (SSSR count). The summed E-state index contributed by atoms with van der Waals surface area (Å²) in [6.45, 7) is 4.96. The molecule has 12 heavy (non-hydrogen) atoms.